The molecule has 2 aromatic rings. The number of H-pyrrole nitrogens is 1. The normalized spacial score (nSPS) is 16.4. The van der Waals surface area contributed by atoms with Crippen molar-refractivity contribution in [2.45, 2.75) is 32.6 Å². The summed E-state index contributed by atoms with van der Waals surface area (Å²) in [4.78, 5) is 10.4. The number of hydrogen-bond donors (Lipinski definition) is 3. The molecule has 0 atom stereocenters. The molecule has 29 heavy (non-hydrogen) atoms. The number of fused-ring (bicyclic) bond motifs is 1. The Hall–Kier alpha value is -2.05. The fraction of sp³-hybridized carbons (Fsp3) is 0.609. The third kappa shape index (κ3) is 5.97. The molecule has 2 heterocycles. The summed E-state index contributed by atoms with van der Waals surface area (Å²) in [6, 6.07) is 6.58. The Balaban J connectivity index is 1.40. The van der Waals surface area contributed by atoms with E-state index in [2.05, 4.69) is 56.8 Å². The van der Waals surface area contributed by atoms with E-state index in [0.717, 1.165) is 45.0 Å². The maximum atomic E-state index is 5.18. The number of piperidine rings is 1. The summed E-state index contributed by atoms with van der Waals surface area (Å²) in [6.45, 7) is 8.28. The minimum Gasteiger partial charge on any atom is -0.383 e. The summed E-state index contributed by atoms with van der Waals surface area (Å²) in [5.41, 5.74) is 4.03. The average Bonchev–Trinajstić information content (AvgIpc) is 3.18. The lowest BCUT2D eigenvalue weighted by Crippen LogP contribution is -2.43. The Bertz CT molecular complexity index is 777. The van der Waals surface area contributed by atoms with Crippen LogP contribution in [0.25, 0.3) is 10.9 Å². The van der Waals surface area contributed by atoms with E-state index in [0.29, 0.717) is 5.92 Å². The van der Waals surface area contributed by atoms with Crippen LogP contribution >= 0.6 is 0 Å². The number of benzene rings is 1. The molecule has 0 radical (unpaired) electrons. The first-order valence-corrected chi connectivity index (χ1v) is 11.0. The molecule has 0 bridgehead atoms. The Morgan fingerprint density at radius 3 is 2.79 bits per heavy atom. The van der Waals surface area contributed by atoms with E-state index in [-0.39, 0.29) is 0 Å². The predicted octanol–water partition coefficient (Wildman–Crippen LogP) is 2.80. The second-order valence-corrected chi connectivity index (χ2v) is 7.91. The third-order valence-electron chi connectivity index (χ3n) is 6.06. The van der Waals surface area contributed by atoms with Crippen LogP contribution in [-0.2, 0) is 17.6 Å². The summed E-state index contributed by atoms with van der Waals surface area (Å²) >= 11 is 0. The smallest absolute Gasteiger partial charge is 0.190 e. The fourth-order valence-electron chi connectivity index (χ4n) is 4.19. The van der Waals surface area contributed by atoms with E-state index in [1.807, 2.05) is 7.05 Å². The Morgan fingerprint density at radius 1 is 1.24 bits per heavy atom. The molecule has 0 unspecified atom stereocenters. The van der Waals surface area contributed by atoms with Gasteiger partial charge in [-0.05, 0) is 55.8 Å². The number of nitrogens with zero attached hydrogens (tertiary/aromatic N) is 2. The van der Waals surface area contributed by atoms with Crippen molar-refractivity contribution < 1.29 is 4.74 Å². The first-order chi connectivity index (χ1) is 14.2. The zero-order valence-corrected chi connectivity index (χ0v) is 18.3. The lowest BCUT2D eigenvalue weighted by atomic mass is 9.97. The van der Waals surface area contributed by atoms with E-state index >= 15 is 0 Å². The molecule has 1 aromatic heterocycles. The van der Waals surface area contributed by atoms with Crippen LogP contribution in [0, 0.1) is 5.92 Å². The fourth-order valence-corrected chi connectivity index (χ4v) is 4.19. The molecule has 0 spiro atoms. The van der Waals surface area contributed by atoms with Crippen LogP contribution in [0.4, 0.5) is 0 Å². The molecule has 1 aliphatic heterocycles. The van der Waals surface area contributed by atoms with Crippen LogP contribution in [0.1, 0.15) is 30.9 Å². The average molecular weight is 400 g/mol. The predicted molar refractivity (Wildman–Crippen MR) is 122 cm³/mol. The van der Waals surface area contributed by atoms with Crippen LogP contribution in [0.5, 0.6) is 0 Å². The summed E-state index contributed by atoms with van der Waals surface area (Å²) in [5, 5.41) is 8.34. The van der Waals surface area contributed by atoms with E-state index in [1.54, 1.807) is 7.11 Å². The topological polar surface area (TPSA) is 64.7 Å². The first-order valence-electron chi connectivity index (χ1n) is 11.0. The van der Waals surface area contributed by atoms with Crippen molar-refractivity contribution in [3.8, 4) is 0 Å². The standard InChI is InChI=1S/C23H37N5O/c1-4-19-6-5-7-21-20(17-26-22(19)21)8-11-25-23(24-2)27-16-18-9-12-28(13-10-18)14-15-29-3/h5-7,17-18,26H,4,8-16H2,1-3H3,(H2,24,25,27). The maximum Gasteiger partial charge on any atom is 0.190 e. The van der Waals surface area contributed by atoms with Crippen molar-refractivity contribution in [2.75, 3.05) is 53.5 Å². The Morgan fingerprint density at radius 2 is 2.07 bits per heavy atom. The van der Waals surface area contributed by atoms with Gasteiger partial charge in [-0.2, -0.15) is 0 Å². The number of aromatic nitrogens is 1. The number of para-hydroxylation sites is 1. The van der Waals surface area contributed by atoms with Gasteiger partial charge in [0.15, 0.2) is 5.96 Å². The summed E-state index contributed by atoms with van der Waals surface area (Å²) in [5.74, 6) is 1.62. The summed E-state index contributed by atoms with van der Waals surface area (Å²) in [7, 11) is 3.62. The third-order valence-corrected chi connectivity index (χ3v) is 6.06. The number of aromatic amines is 1. The highest BCUT2D eigenvalue weighted by Gasteiger charge is 2.19. The molecule has 3 N–H and O–H groups in total. The molecule has 6 heteroatoms. The highest BCUT2D eigenvalue weighted by atomic mass is 16.5. The molecule has 3 rings (SSSR count). The number of hydrogen-bond acceptors (Lipinski definition) is 3. The minimum atomic E-state index is 0.716. The largest absolute Gasteiger partial charge is 0.383 e. The number of nitrogens with one attached hydrogen (secondary N) is 3. The van der Waals surface area contributed by atoms with Crippen molar-refractivity contribution in [2.24, 2.45) is 10.9 Å². The van der Waals surface area contributed by atoms with Crippen LogP contribution in [0.3, 0.4) is 0 Å². The van der Waals surface area contributed by atoms with Gasteiger partial charge in [-0.1, -0.05) is 25.1 Å². The van der Waals surface area contributed by atoms with Crippen LogP contribution in [0.2, 0.25) is 0 Å². The summed E-state index contributed by atoms with van der Waals surface area (Å²) < 4.78 is 5.18. The second kappa shape index (κ2) is 11.2. The molecule has 0 saturated carbocycles. The number of likely N-dealkylation sites (tertiary alicyclic amines) is 1. The van der Waals surface area contributed by atoms with Crippen LogP contribution < -0.4 is 10.6 Å². The van der Waals surface area contributed by atoms with Crippen molar-refractivity contribution in [3.05, 3.63) is 35.5 Å². The van der Waals surface area contributed by atoms with Gasteiger partial charge in [0.25, 0.3) is 0 Å². The van der Waals surface area contributed by atoms with Gasteiger partial charge in [0, 0.05) is 50.9 Å². The van der Waals surface area contributed by atoms with Crippen LogP contribution in [-0.4, -0.2) is 69.3 Å². The quantitative estimate of drug-likeness (QED) is 0.448. The van der Waals surface area contributed by atoms with Gasteiger partial charge in [-0.25, -0.2) is 0 Å². The van der Waals surface area contributed by atoms with Crippen molar-refractivity contribution in [1.29, 1.82) is 0 Å². The lowest BCUT2D eigenvalue weighted by Gasteiger charge is -2.32. The SMILES string of the molecule is CCc1cccc2c(CCNC(=NC)NCC3CCN(CCOC)CC3)c[nH]c12. The molecule has 160 valence electrons. The van der Waals surface area contributed by atoms with Crippen molar-refractivity contribution in [3.63, 3.8) is 0 Å². The molecular weight excluding hydrogens is 362 g/mol. The second-order valence-electron chi connectivity index (χ2n) is 7.91. The van der Waals surface area contributed by atoms with Gasteiger partial charge in [-0.3, -0.25) is 4.99 Å². The number of aryl methyl sites for hydroxylation is 1. The molecule has 0 amide bonds. The van der Waals surface area contributed by atoms with Crippen molar-refractivity contribution in [1.82, 2.24) is 20.5 Å². The van der Waals surface area contributed by atoms with Crippen LogP contribution in [0.15, 0.2) is 29.4 Å². The van der Waals surface area contributed by atoms with Gasteiger partial charge in [-0.15, -0.1) is 0 Å². The Kier molecular flexibility index (Phi) is 8.38. The number of methoxy groups -OCH3 is 1. The highest BCUT2D eigenvalue weighted by Crippen LogP contribution is 2.22. The molecule has 1 aromatic carbocycles. The molecule has 1 fully saturated rings. The van der Waals surface area contributed by atoms with Gasteiger partial charge >= 0.3 is 0 Å². The lowest BCUT2D eigenvalue weighted by molar-refractivity contribution is 0.121. The number of aliphatic imine (C=N–C) groups is 1. The van der Waals surface area contributed by atoms with Gasteiger partial charge in [0.2, 0.25) is 0 Å². The monoisotopic (exact) mass is 399 g/mol. The number of guanidine groups is 1. The Labute approximate surface area is 175 Å². The van der Waals surface area contributed by atoms with E-state index in [9.17, 15) is 0 Å². The number of rotatable bonds is 9. The van der Waals surface area contributed by atoms with E-state index < -0.39 is 0 Å². The number of ether oxygens (including phenoxy) is 1. The molecule has 0 aliphatic carbocycles. The first kappa shape index (κ1) is 21.7. The van der Waals surface area contributed by atoms with E-state index in [1.165, 1.54) is 48.0 Å². The highest BCUT2D eigenvalue weighted by molar-refractivity contribution is 5.86. The zero-order valence-electron chi connectivity index (χ0n) is 18.3. The zero-order chi connectivity index (χ0) is 20.5. The molecular formula is C23H37N5O. The van der Waals surface area contributed by atoms with Gasteiger partial charge in [0.1, 0.15) is 0 Å². The maximum absolute atomic E-state index is 5.18. The van der Waals surface area contributed by atoms with Crippen molar-refractivity contribution >= 4 is 16.9 Å². The molecule has 1 aliphatic rings. The molecule has 1 saturated heterocycles. The summed E-state index contributed by atoms with van der Waals surface area (Å²) in [6.07, 6.45) is 6.66. The van der Waals surface area contributed by atoms with Gasteiger partial charge in [0.05, 0.1) is 6.61 Å². The van der Waals surface area contributed by atoms with Gasteiger partial charge < -0.3 is 25.3 Å². The minimum absolute atomic E-state index is 0.716. The molecule has 6 nitrogen and oxygen atoms in total. The van der Waals surface area contributed by atoms with E-state index in [4.69, 9.17) is 4.74 Å².